The van der Waals surface area contributed by atoms with E-state index in [0.29, 0.717) is 12.3 Å². The highest BCUT2D eigenvalue weighted by Crippen LogP contribution is 2.54. The summed E-state index contributed by atoms with van der Waals surface area (Å²) in [6.07, 6.45) is 7.63. The van der Waals surface area contributed by atoms with Gasteiger partial charge in [-0.25, -0.2) is 0 Å². The fourth-order valence-corrected chi connectivity index (χ4v) is 12.7. The molecule has 364 valence electrons. The number of allylic oxidation sites excluding steroid dienone is 4. The van der Waals surface area contributed by atoms with Gasteiger partial charge in [-0.15, -0.1) is 0 Å². The Morgan fingerprint density at radius 1 is 0.440 bits per heavy atom. The van der Waals surface area contributed by atoms with Gasteiger partial charge in [0.2, 0.25) is 0 Å². The Kier molecular flexibility index (Phi) is 11.2. The molecule has 11 aromatic carbocycles. The number of fused-ring (bicyclic) bond motifs is 6. The van der Waals surface area contributed by atoms with Crippen LogP contribution in [0.15, 0.2) is 230 Å². The van der Waals surface area contributed by atoms with Crippen molar-refractivity contribution >= 4 is 66.4 Å². The quantitative estimate of drug-likeness (QED) is 0.153. The number of hydrogen-bond acceptors (Lipinski definition) is 2. The van der Waals surface area contributed by atoms with Crippen molar-refractivity contribution in [2.75, 3.05) is 9.80 Å². The van der Waals surface area contributed by atoms with E-state index in [1.165, 1.54) is 116 Å². The van der Waals surface area contributed by atoms with Crippen LogP contribution in [-0.2, 0) is 11.8 Å². The van der Waals surface area contributed by atoms with E-state index in [2.05, 4.69) is 283 Å². The summed E-state index contributed by atoms with van der Waals surface area (Å²) in [6, 6.07) is 78.6. The van der Waals surface area contributed by atoms with Gasteiger partial charge in [0.05, 0.1) is 17.1 Å². The zero-order valence-corrected chi connectivity index (χ0v) is 44.1. The van der Waals surface area contributed by atoms with Crippen LogP contribution >= 0.6 is 0 Å². The van der Waals surface area contributed by atoms with Crippen molar-refractivity contribution in [3.63, 3.8) is 0 Å². The van der Waals surface area contributed by atoms with E-state index in [0.717, 1.165) is 22.7 Å². The highest BCUT2D eigenvalue weighted by atomic mass is 15.2. The summed E-state index contributed by atoms with van der Waals surface area (Å²) < 4.78 is 0. The molecule has 13 rings (SSSR count). The van der Waals surface area contributed by atoms with Crippen LogP contribution in [-0.4, -0.2) is 0 Å². The molecule has 11 aromatic rings. The van der Waals surface area contributed by atoms with Crippen LogP contribution in [0.25, 0.3) is 65.7 Å². The lowest BCUT2D eigenvalue weighted by Gasteiger charge is -2.36. The Bertz CT molecular complexity index is 4040. The molecule has 2 atom stereocenters. The lowest BCUT2D eigenvalue weighted by molar-refractivity contribution is 0.591. The predicted octanol–water partition coefficient (Wildman–Crippen LogP) is 20.6. The second kappa shape index (κ2) is 18.2. The van der Waals surface area contributed by atoms with Crippen molar-refractivity contribution < 1.29 is 0 Å². The van der Waals surface area contributed by atoms with Crippen LogP contribution < -0.4 is 9.80 Å². The van der Waals surface area contributed by atoms with Crippen LogP contribution in [0.1, 0.15) is 73.9 Å². The number of nitrogens with zero attached hydrogens (tertiary/aromatic N) is 2. The van der Waals surface area contributed by atoms with Gasteiger partial charge in [-0.1, -0.05) is 215 Å². The second-order valence-electron chi connectivity index (χ2n) is 22.4. The van der Waals surface area contributed by atoms with E-state index in [4.69, 9.17) is 0 Å². The Balaban J connectivity index is 1.20. The summed E-state index contributed by atoms with van der Waals surface area (Å²) in [6.45, 7) is 16.2. The zero-order valence-electron chi connectivity index (χ0n) is 44.1. The minimum Gasteiger partial charge on any atom is -0.309 e. The molecule has 0 saturated heterocycles. The first-order chi connectivity index (χ1) is 36.5. The van der Waals surface area contributed by atoms with Gasteiger partial charge in [0.1, 0.15) is 0 Å². The molecule has 2 nitrogen and oxygen atoms in total. The molecule has 75 heavy (non-hydrogen) atoms. The lowest BCUT2D eigenvalue weighted by Crippen LogP contribution is -2.19. The second-order valence-corrected chi connectivity index (χ2v) is 22.4. The zero-order chi connectivity index (χ0) is 51.1. The summed E-state index contributed by atoms with van der Waals surface area (Å²) >= 11 is 0. The van der Waals surface area contributed by atoms with E-state index in [-0.39, 0.29) is 11.3 Å². The third-order valence-corrected chi connectivity index (χ3v) is 16.4. The van der Waals surface area contributed by atoms with Gasteiger partial charge >= 0.3 is 0 Å². The summed E-state index contributed by atoms with van der Waals surface area (Å²) in [4.78, 5) is 5.23. The van der Waals surface area contributed by atoms with Crippen molar-refractivity contribution in [2.24, 2.45) is 5.92 Å². The topological polar surface area (TPSA) is 6.48 Å². The molecule has 0 fully saturated rings. The van der Waals surface area contributed by atoms with E-state index in [1.807, 2.05) is 0 Å². The Labute approximate surface area is 442 Å². The van der Waals surface area contributed by atoms with Gasteiger partial charge in [-0.05, 0) is 157 Å². The van der Waals surface area contributed by atoms with Gasteiger partial charge in [-0.2, -0.15) is 0 Å². The molecule has 0 radical (unpaired) electrons. The van der Waals surface area contributed by atoms with E-state index >= 15 is 0 Å². The number of aryl methyl sites for hydroxylation is 2. The van der Waals surface area contributed by atoms with Crippen molar-refractivity contribution in [1.29, 1.82) is 0 Å². The average Bonchev–Trinajstić information content (AvgIpc) is 3.42. The molecular weight excluding hydrogens is 905 g/mol. The van der Waals surface area contributed by atoms with Gasteiger partial charge in [0, 0.05) is 45.6 Å². The SMILES string of the molecule is CC1=CC=CC(C)C1c1ccc2c(c1)N(c1cccc(-c3ccccc3)c1)c1cc(c3ccc4cc(C(C)(C)C)cc5ccc1c3c45)N(c1cccc(-c3ccccc3)c1)c1cc(-c3c(C)cccc3C)ccc1C2. The van der Waals surface area contributed by atoms with Gasteiger partial charge < -0.3 is 9.80 Å². The van der Waals surface area contributed by atoms with Gasteiger partial charge in [0.15, 0.2) is 0 Å². The fraction of sp³-hybridized carbons (Fsp3) is 0.151. The summed E-state index contributed by atoms with van der Waals surface area (Å²) in [5.74, 6) is 0.604. The fourth-order valence-electron chi connectivity index (χ4n) is 12.7. The van der Waals surface area contributed by atoms with Crippen LogP contribution in [0, 0.1) is 19.8 Å². The normalized spacial score (nSPS) is 15.6. The first-order valence-electron chi connectivity index (χ1n) is 26.8. The highest BCUT2D eigenvalue weighted by molar-refractivity contribution is 6.29. The van der Waals surface area contributed by atoms with Crippen LogP contribution in [0.3, 0.4) is 0 Å². The lowest BCUT2D eigenvalue weighted by atomic mass is 9.78. The maximum Gasteiger partial charge on any atom is 0.0561 e. The largest absolute Gasteiger partial charge is 0.309 e. The monoisotopic (exact) mass is 966 g/mol. The Morgan fingerprint density at radius 3 is 1.53 bits per heavy atom. The maximum atomic E-state index is 2.62. The minimum absolute atomic E-state index is 0.0175. The molecule has 0 saturated carbocycles. The third-order valence-electron chi connectivity index (χ3n) is 16.4. The summed E-state index contributed by atoms with van der Waals surface area (Å²) in [5, 5.41) is 7.56. The Hall–Kier alpha value is -8.46. The molecule has 2 bridgehead atoms. The number of rotatable bonds is 6. The van der Waals surface area contributed by atoms with E-state index < -0.39 is 0 Å². The van der Waals surface area contributed by atoms with Gasteiger partial charge in [-0.3, -0.25) is 0 Å². The third kappa shape index (κ3) is 8.03. The van der Waals surface area contributed by atoms with Crippen molar-refractivity contribution in [2.45, 2.75) is 66.2 Å². The molecule has 0 amide bonds. The molecule has 0 aromatic heterocycles. The molecular formula is C73H62N2. The Morgan fingerprint density at radius 2 is 0.973 bits per heavy atom. The van der Waals surface area contributed by atoms with E-state index in [9.17, 15) is 0 Å². The van der Waals surface area contributed by atoms with Crippen LogP contribution in [0.4, 0.5) is 34.1 Å². The van der Waals surface area contributed by atoms with Crippen molar-refractivity contribution in [3.05, 3.63) is 263 Å². The summed E-state index contributed by atoms with van der Waals surface area (Å²) in [7, 11) is 0. The highest BCUT2D eigenvalue weighted by Gasteiger charge is 2.31. The smallest absolute Gasteiger partial charge is 0.0561 e. The first-order valence-corrected chi connectivity index (χ1v) is 26.8. The molecule has 1 aliphatic carbocycles. The molecule has 2 heteroatoms. The molecule has 1 aliphatic heterocycles. The number of benzene rings is 11. The average molecular weight is 967 g/mol. The molecule has 0 spiro atoms. The number of hydrogen-bond donors (Lipinski definition) is 0. The maximum absolute atomic E-state index is 2.62. The standard InChI is InChI=1S/C73H62N2/c1-46-18-14-19-47(2)69(46)58-32-30-54-38-55-31-33-59(70-48(3)20-15-21-49(70)4)44-66(55)75(62-29-17-27-53(42-62)51-24-12-9-13-25-51)68-45-67(74(65(54)43-58)61-28-16-26-52(41-61)50-22-10-8-11-23-50)63-36-34-56-39-60(73(5,6)7)40-57-35-37-64(68)72(63)71(56)57/h8-37,39-46,69H,38H2,1-7H3. The first kappa shape index (κ1) is 46.3. The van der Waals surface area contributed by atoms with Crippen molar-refractivity contribution in [1.82, 2.24) is 0 Å². The number of anilines is 6. The molecule has 0 N–H and O–H groups in total. The predicted molar refractivity (Wildman–Crippen MR) is 322 cm³/mol. The summed E-state index contributed by atoms with van der Waals surface area (Å²) in [5.41, 5.74) is 23.3. The molecule has 1 heterocycles. The van der Waals surface area contributed by atoms with Crippen LogP contribution in [0.2, 0.25) is 0 Å². The molecule has 2 unspecified atom stereocenters. The molecule has 2 aliphatic rings. The van der Waals surface area contributed by atoms with E-state index in [1.54, 1.807) is 0 Å². The van der Waals surface area contributed by atoms with Crippen LogP contribution in [0.5, 0.6) is 0 Å². The minimum atomic E-state index is -0.0175. The van der Waals surface area contributed by atoms with Crippen molar-refractivity contribution in [3.8, 4) is 33.4 Å². The van der Waals surface area contributed by atoms with Gasteiger partial charge in [0.25, 0.3) is 0 Å².